The smallest absolute Gasteiger partial charge is 0.337 e. The second kappa shape index (κ2) is 7.46. The number of hydrogen-bond acceptors (Lipinski definition) is 6. The van der Waals surface area contributed by atoms with Crippen molar-refractivity contribution in [1.82, 2.24) is 0 Å². The van der Waals surface area contributed by atoms with Gasteiger partial charge in [0.15, 0.2) is 9.84 Å². The third kappa shape index (κ3) is 5.24. The van der Waals surface area contributed by atoms with E-state index in [9.17, 15) is 13.2 Å². The Morgan fingerprint density at radius 2 is 1.75 bits per heavy atom. The van der Waals surface area contributed by atoms with Crippen molar-refractivity contribution in [2.75, 3.05) is 18.1 Å². The van der Waals surface area contributed by atoms with Crippen molar-refractivity contribution in [3.05, 3.63) is 23.8 Å². The van der Waals surface area contributed by atoms with Crippen molar-refractivity contribution in [3.8, 4) is 0 Å². The Labute approximate surface area is 115 Å². The topological polar surface area (TPSA) is 155 Å². The highest BCUT2D eigenvalue weighted by atomic mass is 32.2. The summed E-state index contributed by atoms with van der Waals surface area (Å²) >= 11 is 0. The minimum absolute atomic E-state index is 0.263. The maximum atomic E-state index is 11.6. The molecule has 0 saturated heterocycles. The van der Waals surface area contributed by atoms with Crippen LogP contribution in [-0.4, -0.2) is 48.0 Å². The minimum Gasteiger partial charge on any atom is -0.481 e. The number of aliphatic carboxylic acids is 1. The number of nitrogens with two attached hydrogens (primary N) is 1. The van der Waals surface area contributed by atoms with Gasteiger partial charge in [0.05, 0.1) is 28.5 Å². The highest BCUT2D eigenvalue weighted by Crippen LogP contribution is 2.23. The first-order chi connectivity index (χ1) is 9.13. The fraction of sp³-hybridized carbons (Fsp3) is 0.273. The van der Waals surface area contributed by atoms with Crippen LogP contribution in [0.25, 0.3) is 0 Å². The van der Waals surface area contributed by atoms with Gasteiger partial charge in [-0.15, -0.1) is 0 Å². The molecule has 0 bridgehead atoms. The first kappa shape index (κ1) is 17.9. The maximum absolute atomic E-state index is 11.6. The minimum atomic E-state index is -3.74. The third-order valence-corrected chi connectivity index (χ3v) is 3.74. The Balaban J connectivity index is 0.000000796. The second-order valence-corrected chi connectivity index (χ2v) is 5.66. The van der Waals surface area contributed by atoms with Crippen LogP contribution in [0.2, 0.25) is 0 Å². The summed E-state index contributed by atoms with van der Waals surface area (Å²) in [5, 5.41) is 24.8. The van der Waals surface area contributed by atoms with Gasteiger partial charge in [-0.05, 0) is 12.1 Å². The van der Waals surface area contributed by atoms with Gasteiger partial charge < -0.3 is 21.1 Å². The van der Waals surface area contributed by atoms with Crippen molar-refractivity contribution in [2.45, 2.75) is 11.8 Å². The molecule has 0 spiro atoms. The molecule has 0 fully saturated rings. The number of carboxylic acid groups (broad SMARTS) is 2. The van der Waals surface area contributed by atoms with Crippen LogP contribution in [-0.2, 0) is 14.6 Å². The lowest BCUT2D eigenvalue weighted by molar-refractivity contribution is -0.134. The van der Waals surface area contributed by atoms with Gasteiger partial charge in [-0.2, -0.15) is 0 Å². The van der Waals surface area contributed by atoms with Crippen molar-refractivity contribution < 1.29 is 33.3 Å². The Morgan fingerprint density at radius 1 is 1.25 bits per heavy atom. The molecule has 8 nitrogen and oxygen atoms in total. The van der Waals surface area contributed by atoms with E-state index in [4.69, 9.17) is 25.8 Å². The van der Waals surface area contributed by atoms with Crippen LogP contribution < -0.4 is 5.73 Å². The van der Waals surface area contributed by atoms with Gasteiger partial charge in [0.25, 0.3) is 5.97 Å². The molecule has 1 rings (SSSR count). The maximum Gasteiger partial charge on any atom is 0.337 e. The number of hydrogen-bond donors (Lipinski definition) is 4. The monoisotopic (exact) mass is 305 g/mol. The molecule has 0 aliphatic carbocycles. The summed E-state index contributed by atoms with van der Waals surface area (Å²) in [4.78, 5) is 19.5. The average Bonchev–Trinajstić information content (AvgIpc) is 2.27. The fourth-order valence-electron chi connectivity index (χ4n) is 1.23. The predicted molar refractivity (Wildman–Crippen MR) is 70.3 cm³/mol. The van der Waals surface area contributed by atoms with Crippen LogP contribution in [0.3, 0.4) is 0 Å². The van der Waals surface area contributed by atoms with E-state index in [-0.39, 0.29) is 16.1 Å². The molecule has 112 valence electrons. The van der Waals surface area contributed by atoms with Crippen LogP contribution in [0.15, 0.2) is 23.1 Å². The van der Waals surface area contributed by atoms with E-state index >= 15 is 0 Å². The number of aliphatic hydroxyl groups is 1. The second-order valence-electron chi connectivity index (χ2n) is 3.58. The SMILES string of the molecule is CC(=O)O.Nc1c(C(=O)O)cccc1S(=O)(=O)CCO. The molecule has 9 heteroatoms. The summed E-state index contributed by atoms with van der Waals surface area (Å²) in [5.74, 6) is -2.61. The molecule has 0 unspecified atom stereocenters. The van der Waals surface area contributed by atoms with Gasteiger partial charge >= 0.3 is 5.97 Å². The molecular formula is C11H15NO7S. The molecule has 5 N–H and O–H groups in total. The number of carbonyl (C=O) groups is 2. The van der Waals surface area contributed by atoms with Crippen LogP contribution in [0.1, 0.15) is 17.3 Å². The van der Waals surface area contributed by atoms with E-state index in [1.807, 2.05) is 0 Å². The Kier molecular flexibility index (Phi) is 6.66. The normalized spacial score (nSPS) is 10.3. The van der Waals surface area contributed by atoms with E-state index in [2.05, 4.69) is 0 Å². The van der Waals surface area contributed by atoms with E-state index < -0.39 is 34.1 Å². The molecule has 0 aromatic heterocycles. The number of aromatic carboxylic acids is 1. The number of sulfone groups is 1. The van der Waals surface area contributed by atoms with Crippen LogP contribution in [0.4, 0.5) is 5.69 Å². The molecule has 20 heavy (non-hydrogen) atoms. The van der Waals surface area contributed by atoms with Gasteiger partial charge in [0.2, 0.25) is 0 Å². The van der Waals surface area contributed by atoms with Gasteiger partial charge in [0.1, 0.15) is 0 Å². The zero-order valence-electron chi connectivity index (χ0n) is 10.6. The first-order valence-electron chi connectivity index (χ1n) is 5.28. The number of nitrogen functional groups attached to an aromatic ring is 1. The summed E-state index contributed by atoms with van der Waals surface area (Å²) in [6.45, 7) is 0.541. The number of aliphatic hydroxyl groups excluding tert-OH is 1. The summed E-state index contributed by atoms with van der Waals surface area (Å²) < 4.78 is 23.2. The fourth-order valence-corrected chi connectivity index (χ4v) is 2.42. The number of rotatable bonds is 4. The molecule has 1 aromatic rings. The van der Waals surface area contributed by atoms with E-state index in [1.54, 1.807) is 0 Å². The Bertz CT molecular complexity index is 591. The van der Waals surface area contributed by atoms with Crippen molar-refractivity contribution in [3.63, 3.8) is 0 Å². The van der Waals surface area contributed by atoms with Crippen LogP contribution >= 0.6 is 0 Å². The number of carboxylic acids is 2. The molecule has 0 aliphatic heterocycles. The zero-order valence-corrected chi connectivity index (χ0v) is 11.4. The van der Waals surface area contributed by atoms with Gasteiger partial charge in [-0.25, -0.2) is 13.2 Å². The predicted octanol–water partition coefficient (Wildman–Crippen LogP) is -0.176. The summed E-state index contributed by atoms with van der Waals surface area (Å²) in [6.07, 6.45) is 0. The number of benzene rings is 1. The average molecular weight is 305 g/mol. The van der Waals surface area contributed by atoms with Crippen molar-refractivity contribution in [1.29, 1.82) is 0 Å². The lowest BCUT2D eigenvalue weighted by Crippen LogP contribution is -2.14. The van der Waals surface area contributed by atoms with Crippen LogP contribution in [0.5, 0.6) is 0 Å². The standard InChI is InChI=1S/C9H11NO5S.C2H4O2/c10-8-6(9(12)13)2-1-3-7(8)16(14,15)5-4-11;1-2(3)4/h1-3,11H,4-5,10H2,(H,12,13);1H3,(H,3,4). The molecule has 0 amide bonds. The highest BCUT2D eigenvalue weighted by molar-refractivity contribution is 7.91. The molecule has 0 aliphatic rings. The van der Waals surface area contributed by atoms with E-state index in [0.29, 0.717) is 0 Å². The third-order valence-electron chi connectivity index (χ3n) is 1.99. The molecule has 0 heterocycles. The summed E-state index contributed by atoms with van der Waals surface area (Å²) in [5.41, 5.74) is 4.89. The number of anilines is 1. The summed E-state index contributed by atoms with van der Waals surface area (Å²) in [7, 11) is -3.74. The molecular weight excluding hydrogens is 290 g/mol. The van der Waals surface area contributed by atoms with Gasteiger partial charge in [-0.1, -0.05) is 6.07 Å². The molecule has 0 atom stereocenters. The van der Waals surface area contributed by atoms with Gasteiger partial charge in [0, 0.05) is 6.92 Å². The zero-order chi connectivity index (χ0) is 15.9. The van der Waals surface area contributed by atoms with Crippen LogP contribution in [0, 0.1) is 0 Å². The number of para-hydroxylation sites is 1. The largest absolute Gasteiger partial charge is 0.481 e. The molecule has 0 radical (unpaired) electrons. The van der Waals surface area contributed by atoms with E-state index in [0.717, 1.165) is 6.92 Å². The first-order valence-corrected chi connectivity index (χ1v) is 6.93. The van der Waals surface area contributed by atoms with Crippen molar-refractivity contribution in [2.24, 2.45) is 0 Å². The van der Waals surface area contributed by atoms with Crippen molar-refractivity contribution >= 4 is 27.5 Å². The summed E-state index contributed by atoms with van der Waals surface area (Å²) in [6, 6.07) is 3.73. The lowest BCUT2D eigenvalue weighted by Gasteiger charge is -2.08. The molecule has 1 aromatic carbocycles. The quantitative estimate of drug-likeness (QED) is 0.558. The van der Waals surface area contributed by atoms with E-state index in [1.165, 1.54) is 18.2 Å². The Hall–Kier alpha value is -2.13. The highest BCUT2D eigenvalue weighted by Gasteiger charge is 2.20. The lowest BCUT2D eigenvalue weighted by atomic mass is 10.2. The Morgan fingerprint density at radius 3 is 2.15 bits per heavy atom. The van der Waals surface area contributed by atoms with Gasteiger partial charge in [-0.3, -0.25) is 4.79 Å². The molecule has 0 saturated carbocycles.